The Hall–Kier alpha value is -1.35. The molecule has 1 aliphatic heterocycles. The summed E-state index contributed by atoms with van der Waals surface area (Å²) >= 11 is 0. The van der Waals surface area contributed by atoms with Gasteiger partial charge in [-0.05, 0) is 75.4 Å². The largest absolute Gasteiger partial charge is 0.325 e. The Morgan fingerprint density at radius 2 is 1.89 bits per heavy atom. The van der Waals surface area contributed by atoms with Gasteiger partial charge in [-0.15, -0.1) is 0 Å². The molecule has 0 unspecified atom stereocenters. The van der Waals surface area contributed by atoms with E-state index >= 15 is 0 Å². The van der Waals surface area contributed by atoms with Gasteiger partial charge in [0.1, 0.15) is 0 Å². The molecule has 3 rings (SSSR count). The van der Waals surface area contributed by atoms with Gasteiger partial charge in [-0.1, -0.05) is 6.07 Å². The summed E-state index contributed by atoms with van der Waals surface area (Å²) in [4.78, 5) is 14.5. The number of carbonyl (C=O) groups is 1. The fraction of sp³-hybridized carbons (Fsp3) is 0.562. The smallest absolute Gasteiger partial charge is 0.241 e. The molecule has 102 valence electrons. The van der Waals surface area contributed by atoms with Gasteiger partial charge >= 0.3 is 0 Å². The Balaban J connectivity index is 1.65. The number of hydrogen-bond donors (Lipinski definition) is 1. The zero-order chi connectivity index (χ0) is 13.2. The second kappa shape index (κ2) is 5.33. The van der Waals surface area contributed by atoms with Crippen molar-refractivity contribution in [2.75, 3.05) is 18.4 Å². The highest BCUT2D eigenvalue weighted by Gasteiger charge is 2.24. The Morgan fingerprint density at radius 3 is 2.68 bits per heavy atom. The highest BCUT2D eigenvalue weighted by molar-refractivity contribution is 5.94. The predicted molar refractivity (Wildman–Crippen MR) is 77.4 cm³/mol. The van der Waals surface area contributed by atoms with Crippen LogP contribution < -0.4 is 5.32 Å². The molecule has 0 saturated carbocycles. The zero-order valence-electron chi connectivity index (χ0n) is 11.6. The third-order valence-corrected chi connectivity index (χ3v) is 4.43. The lowest BCUT2D eigenvalue weighted by molar-refractivity contribution is -0.120. The molecular formula is C16H22N2O. The minimum absolute atomic E-state index is 0.0178. The molecule has 0 aromatic heterocycles. The maximum absolute atomic E-state index is 12.2. The summed E-state index contributed by atoms with van der Waals surface area (Å²) in [5.41, 5.74) is 3.81. The third-order valence-electron chi connectivity index (χ3n) is 4.43. The maximum atomic E-state index is 12.2. The van der Waals surface area contributed by atoms with Crippen LogP contribution in [0.25, 0.3) is 0 Å². The molecule has 1 amide bonds. The fourth-order valence-corrected chi connectivity index (χ4v) is 3.19. The van der Waals surface area contributed by atoms with Crippen LogP contribution in [0.1, 0.15) is 37.3 Å². The summed E-state index contributed by atoms with van der Waals surface area (Å²) < 4.78 is 0. The van der Waals surface area contributed by atoms with Gasteiger partial charge in [-0.3, -0.25) is 9.69 Å². The van der Waals surface area contributed by atoms with Crippen LogP contribution in [0, 0.1) is 0 Å². The van der Waals surface area contributed by atoms with Crippen LogP contribution in [0.5, 0.6) is 0 Å². The van der Waals surface area contributed by atoms with Gasteiger partial charge in [0.05, 0.1) is 6.04 Å². The summed E-state index contributed by atoms with van der Waals surface area (Å²) in [6, 6.07) is 6.34. The van der Waals surface area contributed by atoms with E-state index < -0.39 is 0 Å². The number of amides is 1. The van der Waals surface area contributed by atoms with Gasteiger partial charge in [0.25, 0.3) is 0 Å². The zero-order valence-corrected chi connectivity index (χ0v) is 11.6. The minimum Gasteiger partial charge on any atom is -0.325 e. The molecule has 0 bridgehead atoms. The molecule has 1 saturated heterocycles. The molecule has 1 heterocycles. The topological polar surface area (TPSA) is 32.3 Å². The lowest BCUT2D eigenvalue weighted by Gasteiger charge is -2.22. The summed E-state index contributed by atoms with van der Waals surface area (Å²) in [6.45, 7) is 4.12. The van der Waals surface area contributed by atoms with Gasteiger partial charge in [0.2, 0.25) is 5.91 Å². The van der Waals surface area contributed by atoms with E-state index in [1.165, 1.54) is 36.8 Å². The van der Waals surface area contributed by atoms with Crippen LogP contribution in [-0.4, -0.2) is 29.9 Å². The number of fused-ring (bicyclic) bond motifs is 1. The molecular weight excluding hydrogens is 236 g/mol. The first kappa shape index (κ1) is 12.7. The molecule has 2 aliphatic rings. The van der Waals surface area contributed by atoms with Gasteiger partial charge < -0.3 is 5.32 Å². The van der Waals surface area contributed by atoms with Gasteiger partial charge in [0, 0.05) is 5.69 Å². The van der Waals surface area contributed by atoms with Crippen LogP contribution in [-0.2, 0) is 17.6 Å². The molecule has 3 heteroatoms. The van der Waals surface area contributed by atoms with Crippen LogP contribution in [0.4, 0.5) is 5.69 Å². The number of hydrogen-bond acceptors (Lipinski definition) is 2. The van der Waals surface area contributed by atoms with Crippen LogP contribution in [0.3, 0.4) is 0 Å². The van der Waals surface area contributed by atoms with E-state index in [2.05, 4.69) is 22.3 Å². The third kappa shape index (κ3) is 2.66. The van der Waals surface area contributed by atoms with Crippen molar-refractivity contribution in [1.82, 2.24) is 4.90 Å². The molecule has 1 fully saturated rings. The lowest BCUT2D eigenvalue weighted by atomic mass is 10.1. The van der Waals surface area contributed by atoms with E-state index in [0.29, 0.717) is 0 Å². The van der Waals surface area contributed by atoms with E-state index in [0.717, 1.165) is 25.2 Å². The number of likely N-dealkylation sites (tertiary alicyclic amines) is 1. The van der Waals surface area contributed by atoms with E-state index in [-0.39, 0.29) is 11.9 Å². The number of carbonyl (C=O) groups excluding carboxylic acids is 1. The van der Waals surface area contributed by atoms with Crippen LogP contribution >= 0.6 is 0 Å². The Bertz CT molecular complexity index is 478. The lowest BCUT2D eigenvalue weighted by Crippen LogP contribution is -2.40. The van der Waals surface area contributed by atoms with Crippen molar-refractivity contribution in [3.05, 3.63) is 29.3 Å². The minimum atomic E-state index is -0.0178. The first-order valence-corrected chi connectivity index (χ1v) is 7.41. The van der Waals surface area contributed by atoms with Crippen molar-refractivity contribution in [2.24, 2.45) is 0 Å². The monoisotopic (exact) mass is 258 g/mol. The molecule has 1 N–H and O–H groups in total. The van der Waals surface area contributed by atoms with Crippen molar-refractivity contribution >= 4 is 11.6 Å². The first-order valence-electron chi connectivity index (χ1n) is 7.41. The molecule has 1 aliphatic carbocycles. The van der Waals surface area contributed by atoms with Crippen molar-refractivity contribution in [3.63, 3.8) is 0 Å². The van der Waals surface area contributed by atoms with Crippen molar-refractivity contribution in [2.45, 2.75) is 45.1 Å². The summed E-state index contributed by atoms with van der Waals surface area (Å²) in [7, 11) is 0. The molecule has 3 nitrogen and oxygen atoms in total. The number of aryl methyl sites for hydroxylation is 2. The first-order chi connectivity index (χ1) is 9.24. The average molecular weight is 258 g/mol. The molecule has 1 aromatic rings. The van der Waals surface area contributed by atoms with Crippen molar-refractivity contribution in [1.29, 1.82) is 0 Å². The van der Waals surface area contributed by atoms with E-state index in [4.69, 9.17) is 0 Å². The fourth-order valence-electron chi connectivity index (χ4n) is 3.19. The van der Waals surface area contributed by atoms with E-state index in [1.54, 1.807) is 0 Å². The molecule has 1 aromatic carbocycles. The summed E-state index contributed by atoms with van der Waals surface area (Å²) in [5, 5.41) is 3.07. The number of benzene rings is 1. The Kier molecular flexibility index (Phi) is 3.56. The maximum Gasteiger partial charge on any atom is 0.241 e. The quantitative estimate of drug-likeness (QED) is 0.904. The highest BCUT2D eigenvalue weighted by Crippen LogP contribution is 2.25. The highest BCUT2D eigenvalue weighted by atomic mass is 16.2. The van der Waals surface area contributed by atoms with Crippen molar-refractivity contribution < 1.29 is 4.79 Å². The second-order valence-corrected chi connectivity index (χ2v) is 5.75. The number of rotatable bonds is 3. The molecule has 0 radical (unpaired) electrons. The number of nitrogens with one attached hydrogen (secondary N) is 1. The van der Waals surface area contributed by atoms with Gasteiger partial charge in [-0.2, -0.15) is 0 Å². The molecule has 19 heavy (non-hydrogen) atoms. The summed E-state index contributed by atoms with van der Waals surface area (Å²) in [5.74, 6) is 0.125. The Morgan fingerprint density at radius 1 is 1.16 bits per heavy atom. The number of nitrogens with zero attached hydrogens (tertiary/aromatic N) is 1. The average Bonchev–Trinajstić information content (AvgIpc) is 3.08. The standard InChI is InChI=1S/C16H22N2O/c1-12(18-9-2-3-10-18)16(19)17-15-8-7-13-5-4-6-14(13)11-15/h7-8,11-12H,2-6,9-10H2,1H3,(H,17,19)/t12-/m1/s1. The second-order valence-electron chi connectivity index (χ2n) is 5.75. The predicted octanol–water partition coefficient (Wildman–Crippen LogP) is 2.60. The van der Waals surface area contributed by atoms with E-state index in [1.807, 2.05) is 13.0 Å². The van der Waals surface area contributed by atoms with Gasteiger partial charge in [-0.25, -0.2) is 0 Å². The van der Waals surface area contributed by atoms with Crippen LogP contribution in [0.15, 0.2) is 18.2 Å². The summed E-state index contributed by atoms with van der Waals surface area (Å²) in [6.07, 6.45) is 6.03. The Labute approximate surface area is 115 Å². The van der Waals surface area contributed by atoms with Crippen LogP contribution in [0.2, 0.25) is 0 Å². The SMILES string of the molecule is C[C@H](C(=O)Nc1ccc2c(c1)CCC2)N1CCCC1. The van der Waals surface area contributed by atoms with Gasteiger partial charge in [0.15, 0.2) is 0 Å². The number of anilines is 1. The molecule has 0 spiro atoms. The van der Waals surface area contributed by atoms with Crippen molar-refractivity contribution in [3.8, 4) is 0 Å². The normalized spacial score (nSPS) is 20.3. The van der Waals surface area contributed by atoms with E-state index in [9.17, 15) is 4.79 Å². The molecule has 1 atom stereocenters.